The highest BCUT2D eigenvalue weighted by molar-refractivity contribution is 6.08. The second-order valence-electron chi connectivity index (χ2n) is 13.8. The zero-order valence-electron chi connectivity index (χ0n) is 30.3. The molecule has 0 aromatic heterocycles. The van der Waals surface area contributed by atoms with Gasteiger partial charge in [0.1, 0.15) is 46.9 Å². The zero-order valence-corrected chi connectivity index (χ0v) is 31.1. The molecule has 0 bridgehead atoms. The summed E-state index contributed by atoms with van der Waals surface area (Å²) >= 11 is 0. The third kappa shape index (κ3) is 6.88. The first-order chi connectivity index (χ1) is 24.6. The molecule has 1 N–H and O–H groups in total. The molecule has 3 heterocycles. The molecule has 52 heavy (non-hydrogen) atoms. The van der Waals surface area contributed by atoms with Crippen LogP contribution in [0.2, 0.25) is 0 Å². The standard InChI is InChI=1S/C23H22O7.C20H21N.ClH/c1-23(2)6-5-11-15(30-23)8-13(24)20-21(25)19-12-7-16(26-3)17(27-4)9-14(12)28-10-18(19)29-22(11)20;1-21(2)15-7-12-20-18-10-5-3-8-16(18)13-14-17-9-4-6-11-19(17)20;/h5-9,18-19,24H,10H2,1-4H3;3-6,8-14H,7,15H2,1-2H3;1H. The SMILES string of the molecule is CN(C)CCC=C1c2ccccc2C=Cc2ccccc21.COc1cc2c(cc1OC)C1C(=O)c3c(O)cc4c(c3OC1CO2)C=CC(C)(C)O4.Cl. The molecule has 4 aromatic rings. The number of methoxy groups -OCH3 is 2. The van der Waals surface area contributed by atoms with Gasteiger partial charge < -0.3 is 33.7 Å². The van der Waals surface area contributed by atoms with Crippen LogP contribution in [-0.4, -0.2) is 69.0 Å². The van der Waals surface area contributed by atoms with E-state index in [0.717, 1.165) is 13.0 Å². The number of benzene rings is 4. The van der Waals surface area contributed by atoms with Crippen LogP contribution in [0.4, 0.5) is 0 Å². The zero-order chi connectivity index (χ0) is 35.9. The van der Waals surface area contributed by atoms with Crippen molar-refractivity contribution in [2.45, 2.75) is 37.9 Å². The Labute approximate surface area is 311 Å². The molecule has 4 aliphatic rings. The summed E-state index contributed by atoms with van der Waals surface area (Å²) < 4.78 is 28.8. The monoisotopic (exact) mass is 721 g/mol. The summed E-state index contributed by atoms with van der Waals surface area (Å²) in [5.41, 5.74) is 7.54. The third-order valence-electron chi connectivity index (χ3n) is 9.58. The summed E-state index contributed by atoms with van der Waals surface area (Å²) in [5.74, 6) is 1.34. The molecule has 1 aliphatic carbocycles. The third-order valence-corrected chi connectivity index (χ3v) is 9.58. The molecule has 4 aromatic carbocycles. The van der Waals surface area contributed by atoms with E-state index < -0.39 is 17.6 Å². The van der Waals surface area contributed by atoms with Gasteiger partial charge >= 0.3 is 0 Å². The number of halogens is 1. The maximum absolute atomic E-state index is 13.6. The van der Waals surface area contributed by atoms with E-state index in [-0.39, 0.29) is 36.1 Å². The minimum Gasteiger partial charge on any atom is -0.507 e. The number of carbonyl (C=O) groups is 1. The average molecular weight is 722 g/mol. The van der Waals surface area contributed by atoms with Crippen molar-refractivity contribution in [1.29, 1.82) is 0 Å². The summed E-state index contributed by atoms with van der Waals surface area (Å²) in [6.07, 6.45) is 11.1. The molecule has 0 amide bonds. The first kappa shape index (κ1) is 36.6. The molecule has 0 spiro atoms. The molecule has 0 saturated heterocycles. The van der Waals surface area contributed by atoms with E-state index in [2.05, 4.69) is 85.8 Å². The molecule has 0 saturated carbocycles. The molecule has 3 aliphatic heterocycles. The number of aromatic hydroxyl groups is 1. The molecular weight excluding hydrogens is 678 g/mol. The second kappa shape index (κ2) is 14.8. The topological polar surface area (TPSA) is 86.7 Å². The first-order valence-corrected chi connectivity index (χ1v) is 17.2. The summed E-state index contributed by atoms with van der Waals surface area (Å²) in [4.78, 5) is 15.8. The Morgan fingerprint density at radius 3 is 2.17 bits per heavy atom. The summed E-state index contributed by atoms with van der Waals surface area (Å²) in [7, 11) is 7.31. The molecule has 8 rings (SSSR count). The number of phenolic OH excluding ortho intramolecular Hbond substituents is 1. The van der Waals surface area contributed by atoms with Crippen molar-refractivity contribution in [3.63, 3.8) is 0 Å². The number of ketones is 1. The van der Waals surface area contributed by atoms with E-state index >= 15 is 0 Å². The van der Waals surface area contributed by atoms with Crippen LogP contribution >= 0.6 is 12.4 Å². The Morgan fingerprint density at radius 1 is 0.904 bits per heavy atom. The number of carbonyl (C=O) groups excluding carboxylic acids is 1. The lowest BCUT2D eigenvalue weighted by molar-refractivity contribution is 0.0547. The van der Waals surface area contributed by atoms with Gasteiger partial charge in [-0.2, -0.15) is 0 Å². The molecular formula is C43H44ClNO7. The number of Topliss-reactive ketones (excluding diaryl/α,β-unsaturated/α-hetero) is 1. The highest BCUT2D eigenvalue weighted by Gasteiger charge is 2.46. The lowest BCUT2D eigenvalue weighted by Crippen LogP contribution is -2.43. The lowest BCUT2D eigenvalue weighted by atomic mass is 9.80. The Morgan fingerprint density at radius 2 is 1.54 bits per heavy atom. The van der Waals surface area contributed by atoms with Crippen LogP contribution in [0.1, 0.15) is 69.9 Å². The van der Waals surface area contributed by atoms with Gasteiger partial charge in [-0.05, 0) is 80.4 Å². The van der Waals surface area contributed by atoms with E-state index in [4.69, 9.17) is 23.7 Å². The molecule has 270 valence electrons. The maximum Gasteiger partial charge on any atom is 0.181 e. The molecule has 9 heteroatoms. The van der Waals surface area contributed by atoms with Crippen LogP contribution in [0.3, 0.4) is 0 Å². The molecule has 0 radical (unpaired) electrons. The lowest BCUT2D eigenvalue weighted by Gasteiger charge is -2.39. The van der Waals surface area contributed by atoms with Crippen molar-refractivity contribution >= 4 is 42.0 Å². The quantitative estimate of drug-likeness (QED) is 0.193. The molecule has 0 fully saturated rings. The van der Waals surface area contributed by atoms with Gasteiger partial charge in [-0.3, -0.25) is 4.79 Å². The highest BCUT2D eigenvalue weighted by Crippen LogP contribution is 2.52. The van der Waals surface area contributed by atoms with E-state index in [1.54, 1.807) is 19.2 Å². The summed E-state index contributed by atoms with van der Waals surface area (Å²) in [5, 5.41) is 10.7. The van der Waals surface area contributed by atoms with Gasteiger partial charge in [-0.25, -0.2) is 0 Å². The van der Waals surface area contributed by atoms with E-state index in [0.29, 0.717) is 39.9 Å². The van der Waals surface area contributed by atoms with Crippen LogP contribution < -0.4 is 23.7 Å². The van der Waals surface area contributed by atoms with E-state index in [9.17, 15) is 9.90 Å². The highest BCUT2D eigenvalue weighted by atomic mass is 35.5. The van der Waals surface area contributed by atoms with Crippen LogP contribution in [0.15, 0.2) is 78.9 Å². The smallest absolute Gasteiger partial charge is 0.181 e. The Bertz CT molecular complexity index is 2050. The van der Waals surface area contributed by atoms with Gasteiger partial charge in [0.2, 0.25) is 0 Å². The van der Waals surface area contributed by atoms with Crippen molar-refractivity contribution in [2.24, 2.45) is 0 Å². The fourth-order valence-corrected chi connectivity index (χ4v) is 7.06. The number of ether oxygens (including phenoxy) is 5. The molecule has 2 unspecified atom stereocenters. The van der Waals surface area contributed by atoms with E-state index in [1.807, 2.05) is 26.0 Å². The number of nitrogens with zero attached hydrogens (tertiary/aromatic N) is 1. The maximum atomic E-state index is 13.6. The fraction of sp³-hybridized carbons (Fsp3) is 0.279. The van der Waals surface area contributed by atoms with Gasteiger partial charge in [0, 0.05) is 24.2 Å². The minimum absolute atomic E-state index is 0. The van der Waals surface area contributed by atoms with Crippen LogP contribution in [0.5, 0.6) is 34.5 Å². The Kier molecular flexibility index (Phi) is 10.4. The summed E-state index contributed by atoms with van der Waals surface area (Å²) in [6.45, 7) is 5.09. The average Bonchev–Trinajstić information content (AvgIpc) is 3.27. The summed E-state index contributed by atoms with van der Waals surface area (Å²) in [6, 6.07) is 22.2. The van der Waals surface area contributed by atoms with Gasteiger partial charge in [0.15, 0.2) is 17.3 Å². The first-order valence-electron chi connectivity index (χ1n) is 17.2. The Hall–Kier alpha value is -5.18. The second-order valence-corrected chi connectivity index (χ2v) is 13.8. The van der Waals surface area contributed by atoms with Crippen molar-refractivity contribution < 1.29 is 33.6 Å². The normalized spacial score (nSPS) is 18.1. The fourth-order valence-electron chi connectivity index (χ4n) is 7.06. The van der Waals surface area contributed by atoms with Gasteiger partial charge in [-0.15, -0.1) is 12.4 Å². The van der Waals surface area contributed by atoms with Crippen LogP contribution in [-0.2, 0) is 0 Å². The van der Waals surface area contributed by atoms with Crippen LogP contribution in [0.25, 0.3) is 23.8 Å². The van der Waals surface area contributed by atoms with Crippen molar-refractivity contribution in [3.05, 3.63) is 118 Å². The number of fused-ring (bicyclic) bond motifs is 8. The molecule has 2 atom stereocenters. The Balaban J connectivity index is 0.000000186. The van der Waals surface area contributed by atoms with Crippen molar-refractivity contribution in [1.82, 2.24) is 4.90 Å². The largest absolute Gasteiger partial charge is 0.507 e. The number of phenols is 1. The van der Waals surface area contributed by atoms with Gasteiger partial charge in [0.25, 0.3) is 0 Å². The predicted octanol–water partition coefficient (Wildman–Crippen LogP) is 8.69. The van der Waals surface area contributed by atoms with Gasteiger partial charge in [0.05, 0.1) is 25.7 Å². The minimum atomic E-state index is -0.630. The van der Waals surface area contributed by atoms with E-state index in [1.165, 1.54) is 41.0 Å². The number of hydrogen-bond donors (Lipinski definition) is 1. The molecule has 8 nitrogen and oxygen atoms in total. The predicted molar refractivity (Wildman–Crippen MR) is 208 cm³/mol. The van der Waals surface area contributed by atoms with Crippen molar-refractivity contribution in [3.8, 4) is 34.5 Å². The number of rotatable bonds is 5. The number of hydrogen-bond acceptors (Lipinski definition) is 8. The van der Waals surface area contributed by atoms with Gasteiger partial charge in [-0.1, -0.05) is 66.8 Å². The van der Waals surface area contributed by atoms with Crippen molar-refractivity contribution in [2.75, 3.05) is 41.5 Å². The van der Waals surface area contributed by atoms with Crippen LogP contribution in [0, 0.1) is 0 Å².